The summed E-state index contributed by atoms with van der Waals surface area (Å²) in [4.78, 5) is 8.05. The third kappa shape index (κ3) is 4.34. The molecule has 2 aromatic rings. The molecule has 0 aliphatic carbocycles. The molecule has 8 heteroatoms. The highest BCUT2D eigenvalue weighted by molar-refractivity contribution is 5.20. The van der Waals surface area contributed by atoms with Gasteiger partial charge in [0.2, 0.25) is 5.88 Å². The maximum Gasteiger partial charge on any atom is 0.232 e. The number of methoxy groups -OCH3 is 1. The lowest BCUT2D eigenvalue weighted by molar-refractivity contribution is 0.135. The normalized spacial score (nSPS) is 13.5. The van der Waals surface area contributed by atoms with E-state index in [9.17, 15) is 10.2 Å². The van der Waals surface area contributed by atoms with Crippen molar-refractivity contribution in [2.45, 2.75) is 25.6 Å². The van der Waals surface area contributed by atoms with E-state index < -0.39 is 12.2 Å². The highest BCUT2D eigenvalue weighted by Gasteiger charge is 2.12. The predicted molar refractivity (Wildman–Crippen MR) is 76.3 cm³/mol. The third-order valence-electron chi connectivity index (χ3n) is 2.92. The highest BCUT2D eigenvalue weighted by Crippen LogP contribution is 2.18. The van der Waals surface area contributed by atoms with Gasteiger partial charge in [-0.2, -0.15) is 10.2 Å². The Balaban J connectivity index is 1.88. The van der Waals surface area contributed by atoms with Crippen molar-refractivity contribution in [1.29, 1.82) is 0 Å². The lowest BCUT2D eigenvalue weighted by atomic mass is 10.2. The minimum atomic E-state index is -0.811. The quantitative estimate of drug-likeness (QED) is 0.774. The molecular weight excluding hydrogens is 288 g/mol. The van der Waals surface area contributed by atoms with E-state index in [0.717, 1.165) is 0 Å². The largest absolute Gasteiger partial charge is 0.492 e. The lowest BCUT2D eigenvalue weighted by Crippen LogP contribution is -2.08. The van der Waals surface area contributed by atoms with Crippen LogP contribution < -0.4 is 9.47 Å². The van der Waals surface area contributed by atoms with E-state index in [1.165, 1.54) is 25.7 Å². The fraction of sp³-hybridized carbons (Fsp3) is 0.429. The number of aliphatic hydroxyl groups is 2. The van der Waals surface area contributed by atoms with Crippen LogP contribution in [0.4, 0.5) is 0 Å². The summed E-state index contributed by atoms with van der Waals surface area (Å²) in [6, 6.07) is 1.61. The second kappa shape index (κ2) is 7.62. The first-order valence-electron chi connectivity index (χ1n) is 6.77. The SMILES string of the molecule is COc1cncc(C(O)CCOc2cnnc(C(C)O)c2)n1. The van der Waals surface area contributed by atoms with E-state index in [1.54, 1.807) is 13.0 Å². The van der Waals surface area contributed by atoms with E-state index >= 15 is 0 Å². The van der Waals surface area contributed by atoms with Gasteiger partial charge >= 0.3 is 0 Å². The van der Waals surface area contributed by atoms with Crippen molar-refractivity contribution in [3.8, 4) is 11.6 Å². The molecule has 118 valence electrons. The van der Waals surface area contributed by atoms with E-state index in [2.05, 4.69) is 20.2 Å². The summed E-state index contributed by atoms with van der Waals surface area (Å²) in [6.07, 6.45) is 3.19. The second-order valence-electron chi connectivity index (χ2n) is 4.63. The Hall–Kier alpha value is -2.32. The summed E-state index contributed by atoms with van der Waals surface area (Å²) in [5.74, 6) is 0.826. The molecule has 2 unspecified atom stereocenters. The maximum absolute atomic E-state index is 10.1. The molecular formula is C14H18N4O4. The van der Waals surface area contributed by atoms with Crippen molar-refractivity contribution in [2.75, 3.05) is 13.7 Å². The van der Waals surface area contributed by atoms with Crippen LogP contribution in [0, 0.1) is 0 Å². The summed E-state index contributed by atoms with van der Waals surface area (Å²) in [5, 5.41) is 27.0. The van der Waals surface area contributed by atoms with Crippen molar-refractivity contribution in [2.24, 2.45) is 0 Å². The molecule has 0 amide bonds. The molecule has 0 aliphatic heterocycles. The van der Waals surface area contributed by atoms with Crippen LogP contribution in [-0.4, -0.2) is 44.1 Å². The molecule has 2 rings (SSSR count). The van der Waals surface area contributed by atoms with E-state index in [-0.39, 0.29) is 6.61 Å². The van der Waals surface area contributed by atoms with Gasteiger partial charge in [0.25, 0.3) is 0 Å². The number of aromatic nitrogens is 4. The molecule has 2 aromatic heterocycles. The van der Waals surface area contributed by atoms with Crippen molar-refractivity contribution in [3.05, 3.63) is 36.0 Å². The summed E-state index contributed by atoms with van der Waals surface area (Å²) in [7, 11) is 1.49. The van der Waals surface area contributed by atoms with E-state index in [4.69, 9.17) is 9.47 Å². The topological polar surface area (TPSA) is 110 Å². The van der Waals surface area contributed by atoms with Crippen molar-refractivity contribution >= 4 is 0 Å². The fourth-order valence-electron chi connectivity index (χ4n) is 1.70. The minimum absolute atomic E-state index is 0.255. The van der Waals surface area contributed by atoms with Gasteiger partial charge in [-0.3, -0.25) is 4.98 Å². The molecule has 0 radical (unpaired) electrons. The van der Waals surface area contributed by atoms with Crippen LogP contribution >= 0.6 is 0 Å². The summed E-state index contributed by atoms with van der Waals surface area (Å²) in [6.45, 7) is 1.85. The molecule has 0 aliphatic rings. The predicted octanol–water partition coefficient (Wildman–Crippen LogP) is 0.831. The highest BCUT2D eigenvalue weighted by atomic mass is 16.5. The molecule has 0 fully saturated rings. The number of ether oxygens (including phenoxy) is 2. The van der Waals surface area contributed by atoms with Crippen molar-refractivity contribution < 1.29 is 19.7 Å². The zero-order chi connectivity index (χ0) is 15.9. The first kappa shape index (κ1) is 16.1. The second-order valence-corrected chi connectivity index (χ2v) is 4.63. The van der Waals surface area contributed by atoms with Gasteiger partial charge in [-0.15, -0.1) is 0 Å². The van der Waals surface area contributed by atoms with Gasteiger partial charge in [0.15, 0.2) is 0 Å². The average molecular weight is 306 g/mol. The van der Waals surface area contributed by atoms with Crippen LogP contribution in [0.15, 0.2) is 24.7 Å². The first-order valence-corrected chi connectivity index (χ1v) is 6.77. The van der Waals surface area contributed by atoms with Crippen molar-refractivity contribution in [1.82, 2.24) is 20.2 Å². The van der Waals surface area contributed by atoms with Gasteiger partial charge < -0.3 is 19.7 Å². The Morgan fingerprint density at radius 2 is 2.00 bits per heavy atom. The molecule has 0 aromatic carbocycles. The zero-order valence-corrected chi connectivity index (χ0v) is 12.4. The molecule has 0 spiro atoms. The molecule has 0 saturated carbocycles. The Morgan fingerprint density at radius 3 is 2.73 bits per heavy atom. The standard InChI is InChI=1S/C14H18N4O4/c1-9(19)11-5-10(6-16-18-11)22-4-3-13(20)12-7-15-8-14(17-12)21-2/h5-9,13,19-20H,3-4H2,1-2H3. The molecule has 2 heterocycles. The van der Waals surface area contributed by atoms with Gasteiger partial charge in [0, 0.05) is 12.5 Å². The smallest absolute Gasteiger partial charge is 0.232 e. The molecule has 8 nitrogen and oxygen atoms in total. The monoisotopic (exact) mass is 306 g/mol. The van der Waals surface area contributed by atoms with Gasteiger partial charge in [0.1, 0.15) is 11.9 Å². The van der Waals surface area contributed by atoms with Crippen LogP contribution in [0.2, 0.25) is 0 Å². The van der Waals surface area contributed by atoms with Gasteiger partial charge in [-0.1, -0.05) is 0 Å². The van der Waals surface area contributed by atoms with E-state index in [1.807, 2.05) is 0 Å². The number of nitrogens with zero attached hydrogens (tertiary/aromatic N) is 4. The van der Waals surface area contributed by atoms with Crippen LogP contribution in [0.3, 0.4) is 0 Å². The van der Waals surface area contributed by atoms with Gasteiger partial charge in [-0.05, 0) is 6.92 Å². The Morgan fingerprint density at radius 1 is 1.18 bits per heavy atom. The number of hydrogen-bond acceptors (Lipinski definition) is 8. The molecule has 0 saturated heterocycles. The summed E-state index contributed by atoms with van der Waals surface area (Å²) in [5.41, 5.74) is 0.845. The first-order chi connectivity index (χ1) is 10.6. The molecule has 2 atom stereocenters. The number of aliphatic hydroxyl groups excluding tert-OH is 2. The van der Waals surface area contributed by atoms with Crippen molar-refractivity contribution in [3.63, 3.8) is 0 Å². The van der Waals surface area contributed by atoms with Crippen LogP contribution in [0.1, 0.15) is 36.9 Å². The van der Waals surface area contributed by atoms with Gasteiger partial charge in [0.05, 0.1) is 49.8 Å². The van der Waals surface area contributed by atoms with Crippen LogP contribution in [0.25, 0.3) is 0 Å². The Bertz CT molecular complexity index is 609. The lowest BCUT2D eigenvalue weighted by Gasteiger charge is -2.12. The number of hydrogen-bond donors (Lipinski definition) is 2. The molecule has 2 N–H and O–H groups in total. The molecule has 22 heavy (non-hydrogen) atoms. The maximum atomic E-state index is 10.1. The summed E-state index contributed by atoms with van der Waals surface area (Å²) < 4.78 is 10.5. The molecule has 0 bridgehead atoms. The average Bonchev–Trinajstić information content (AvgIpc) is 2.55. The Kier molecular flexibility index (Phi) is 5.56. The fourth-order valence-corrected chi connectivity index (χ4v) is 1.70. The van der Waals surface area contributed by atoms with Crippen LogP contribution in [0.5, 0.6) is 11.6 Å². The zero-order valence-electron chi connectivity index (χ0n) is 12.4. The number of rotatable bonds is 7. The van der Waals surface area contributed by atoms with E-state index in [0.29, 0.717) is 29.4 Å². The summed E-state index contributed by atoms with van der Waals surface area (Å²) >= 11 is 0. The third-order valence-corrected chi connectivity index (χ3v) is 2.92. The van der Waals surface area contributed by atoms with Gasteiger partial charge in [-0.25, -0.2) is 4.98 Å². The van der Waals surface area contributed by atoms with Crippen LogP contribution in [-0.2, 0) is 0 Å². The minimum Gasteiger partial charge on any atom is -0.492 e. The Labute approximate surface area is 127 Å².